The van der Waals surface area contributed by atoms with Crippen LogP contribution in [0.5, 0.6) is 5.75 Å². The molecule has 1 saturated carbocycles. The summed E-state index contributed by atoms with van der Waals surface area (Å²) in [5.74, 6) is 0.248. The maximum absolute atomic E-state index is 11.4. The number of nitrogens with one attached hydrogen (secondary N) is 1. The van der Waals surface area contributed by atoms with E-state index >= 15 is 0 Å². The van der Waals surface area contributed by atoms with Gasteiger partial charge < -0.3 is 20.6 Å². The number of hydrogen-bond acceptors (Lipinski definition) is 4. The minimum absolute atomic E-state index is 0.0563. The molecule has 0 radical (unpaired) electrons. The Morgan fingerprint density at radius 1 is 1.25 bits per heavy atom. The highest BCUT2D eigenvalue weighted by atomic mass is 16.3. The van der Waals surface area contributed by atoms with E-state index < -0.39 is 11.0 Å². The molecule has 2 fully saturated rings. The molecule has 1 aliphatic heterocycles. The lowest BCUT2D eigenvalue weighted by Crippen LogP contribution is -2.72. The fraction of sp³-hybridized carbons (Fsp3) is 0.625. The summed E-state index contributed by atoms with van der Waals surface area (Å²) in [6.07, 6.45) is 3.13. The SMILES string of the molecule is Oc1ccc2c(c1)[C@]13CCN[C@H](C2)C1(O)CCC(O)C3. The molecule has 108 valence electrons. The van der Waals surface area contributed by atoms with E-state index in [9.17, 15) is 15.3 Å². The van der Waals surface area contributed by atoms with Gasteiger partial charge in [0.1, 0.15) is 5.75 Å². The molecule has 2 aliphatic carbocycles. The van der Waals surface area contributed by atoms with Crippen LogP contribution in [0.3, 0.4) is 0 Å². The molecule has 0 spiro atoms. The first kappa shape index (κ1) is 12.6. The van der Waals surface area contributed by atoms with E-state index in [1.165, 1.54) is 5.56 Å². The molecule has 2 bridgehead atoms. The third kappa shape index (κ3) is 1.42. The van der Waals surface area contributed by atoms with Gasteiger partial charge in [-0.3, -0.25) is 0 Å². The molecule has 1 aromatic carbocycles. The van der Waals surface area contributed by atoms with Crippen LogP contribution >= 0.6 is 0 Å². The molecule has 2 unspecified atom stereocenters. The van der Waals surface area contributed by atoms with E-state index in [1.807, 2.05) is 6.07 Å². The van der Waals surface area contributed by atoms with E-state index in [0.717, 1.165) is 24.9 Å². The summed E-state index contributed by atoms with van der Waals surface area (Å²) in [6, 6.07) is 5.54. The van der Waals surface area contributed by atoms with E-state index in [0.29, 0.717) is 19.3 Å². The van der Waals surface area contributed by atoms with Gasteiger partial charge in [-0.05, 0) is 61.9 Å². The van der Waals surface area contributed by atoms with Gasteiger partial charge in [0.15, 0.2) is 0 Å². The molecule has 4 heteroatoms. The molecule has 20 heavy (non-hydrogen) atoms. The minimum atomic E-state index is -0.800. The molecule has 4 N–H and O–H groups in total. The summed E-state index contributed by atoms with van der Waals surface area (Å²) in [4.78, 5) is 0. The van der Waals surface area contributed by atoms with Crippen LogP contribution in [-0.4, -0.2) is 39.6 Å². The second-order valence-electron chi connectivity index (χ2n) is 6.71. The summed E-state index contributed by atoms with van der Waals surface area (Å²) in [6.45, 7) is 0.856. The largest absolute Gasteiger partial charge is 0.508 e. The van der Waals surface area contributed by atoms with Crippen molar-refractivity contribution < 1.29 is 15.3 Å². The van der Waals surface area contributed by atoms with E-state index in [-0.39, 0.29) is 17.9 Å². The van der Waals surface area contributed by atoms with Crippen LogP contribution in [0.4, 0.5) is 0 Å². The van der Waals surface area contributed by atoms with Gasteiger partial charge in [0.25, 0.3) is 0 Å². The molecule has 0 amide bonds. The van der Waals surface area contributed by atoms with Gasteiger partial charge in [-0.25, -0.2) is 0 Å². The quantitative estimate of drug-likeness (QED) is 0.566. The Kier molecular flexibility index (Phi) is 2.50. The fourth-order valence-electron chi connectivity index (χ4n) is 4.89. The first-order chi connectivity index (χ1) is 9.55. The number of phenolic OH excluding ortho intramolecular Hbond substituents is 1. The minimum Gasteiger partial charge on any atom is -0.508 e. The number of rotatable bonds is 0. The third-order valence-corrected chi connectivity index (χ3v) is 5.82. The molecule has 3 aliphatic rings. The summed E-state index contributed by atoms with van der Waals surface area (Å²) >= 11 is 0. The van der Waals surface area contributed by atoms with Gasteiger partial charge in [-0.1, -0.05) is 6.07 Å². The number of benzene rings is 1. The average molecular weight is 275 g/mol. The maximum atomic E-state index is 11.4. The zero-order chi connectivity index (χ0) is 14.0. The number of aliphatic hydroxyl groups excluding tert-OH is 1. The third-order valence-electron chi connectivity index (χ3n) is 5.82. The molecular formula is C16H21NO3. The lowest BCUT2D eigenvalue weighted by atomic mass is 9.49. The highest BCUT2D eigenvalue weighted by Gasteiger charge is 2.62. The number of aliphatic hydroxyl groups is 2. The van der Waals surface area contributed by atoms with Gasteiger partial charge in [0.05, 0.1) is 11.7 Å². The summed E-state index contributed by atoms with van der Waals surface area (Å²) in [7, 11) is 0. The van der Waals surface area contributed by atoms with Crippen LogP contribution in [0.2, 0.25) is 0 Å². The van der Waals surface area contributed by atoms with Crippen LogP contribution < -0.4 is 5.32 Å². The predicted molar refractivity (Wildman–Crippen MR) is 74.7 cm³/mol. The monoisotopic (exact) mass is 275 g/mol. The van der Waals surface area contributed by atoms with Crippen molar-refractivity contribution in [2.75, 3.05) is 6.54 Å². The predicted octanol–water partition coefficient (Wildman–Crippen LogP) is 0.824. The van der Waals surface area contributed by atoms with Crippen molar-refractivity contribution in [2.45, 2.75) is 55.3 Å². The molecule has 1 saturated heterocycles. The van der Waals surface area contributed by atoms with Crippen molar-refractivity contribution in [1.29, 1.82) is 0 Å². The van der Waals surface area contributed by atoms with Crippen molar-refractivity contribution in [1.82, 2.24) is 5.32 Å². The first-order valence-corrected chi connectivity index (χ1v) is 7.51. The second-order valence-corrected chi connectivity index (χ2v) is 6.71. The maximum Gasteiger partial charge on any atom is 0.115 e. The molecule has 4 rings (SSSR count). The molecule has 4 atom stereocenters. The van der Waals surface area contributed by atoms with Gasteiger partial charge in [0, 0.05) is 11.5 Å². The van der Waals surface area contributed by atoms with Gasteiger partial charge >= 0.3 is 0 Å². The number of piperidine rings is 1. The Morgan fingerprint density at radius 2 is 2.10 bits per heavy atom. The first-order valence-electron chi connectivity index (χ1n) is 7.51. The Morgan fingerprint density at radius 3 is 2.95 bits per heavy atom. The normalized spacial score (nSPS) is 42.7. The molecule has 1 aromatic rings. The standard InChI is InChI=1S/C16H21NO3/c18-11-2-1-10-7-14-16(20)4-3-12(19)9-15(16,5-6-17-14)13(10)8-11/h1-2,8,12,14,17-20H,3-7,9H2/t12?,14-,15-,16?/m1/s1. The van der Waals surface area contributed by atoms with Crippen LogP contribution in [-0.2, 0) is 11.8 Å². The van der Waals surface area contributed by atoms with E-state index in [2.05, 4.69) is 5.32 Å². The van der Waals surface area contributed by atoms with Gasteiger partial charge in [-0.15, -0.1) is 0 Å². The van der Waals surface area contributed by atoms with Crippen LogP contribution in [0.25, 0.3) is 0 Å². The molecule has 0 aromatic heterocycles. The smallest absolute Gasteiger partial charge is 0.115 e. The topological polar surface area (TPSA) is 72.7 Å². The zero-order valence-corrected chi connectivity index (χ0v) is 11.5. The summed E-state index contributed by atoms with van der Waals surface area (Å²) in [5, 5.41) is 34.9. The highest BCUT2D eigenvalue weighted by Crippen LogP contribution is 2.56. The Bertz CT molecular complexity index is 561. The van der Waals surface area contributed by atoms with Crippen molar-refractivity contribution in [2.24, 2.45) is 0 Å². The van der Waals surface area contributed by atoms with Crippen LogP contribution in [0.15, 0.2) is 18.2 Å². The van der Waals surface area contributed by atoms with Gasteiger partial charge in [-0.2, -0.15) is 0 Å². The van der Waals surface area contributed by atoms with Crippen molar-refractivity contribution in [3.8, 4) is 5.75 Å². The second kappa shape index (κ2) is 3.97. The number of phenols is 1. The van der Waals surface area contributed by atoms with Crippen molar-refractivity contribution in [3.05, 3.63) is 29.3 Å². The average Bonchev–Trinajstić information content (AvgIpc) is 2.41. The molecule has 1 heterocycles. The van der Waals surface area contributed by atoms with Crippen LogP contribution in [0, 0.1) is 0 Å². The van der Waals surface area contributed by atoms with Crippen molar-refractivity contribution in [3.63, 3.8) is 0 Å². The summed E-state index contributed by atoms with van der Waals surface area (Å²) < 4.78 is 0. The van der Waals surface area contributed by atoms with E-state index in [4.69, 9.17) is 0 Å². The lowest BCUT2D eigenvalue weighted by molar-refractivity contribution is -0.146. The number of fused-ring (bicyclic) bond motifs is 1. The lowest BCUT2D eigenvalue weighted by Gasteiger charge is -2.61. The van der Waals surface area contributed by atoms with E-state index in [1.54, 1.807) is 12.1 Å². The Hall–Kier alpha value is -1.10. The Labute approximate surface area is 118 Å². The highest BCUT2D eigenvalue weighted by molar-refractivity contribution is 5.48. The molecule has 4 nitrogen and oxygen atoms in total. The summed E-state index contributed by atoms with van der Waals surface area (Å²) in [5.41, 5.74) is 1.04. The molecular weight excluding hydrogens is 254 g/mol. The zero-order valence-electron chi connectivity index (χ0n) is 11.5. The van der Waals surface area contributed by atoms with Gasteiger partial charge in [0.2, 0.25) is 0 Å². The van der Waals surface area contributed by atoms with Crippen molar-refractivity contribution >= 4 is 0 Å². The van der Waals surface area contributed by atoms with Crippen LogP contribution in [0.1, 0.15) is 36.8 Å². The Balaban J connectivity index is 1.95. The number of hydrogen-bond donors (Lipinski definition) is 4. The fourth-order valence-corrected chi connectivity index (χ4v) is 4.89. The number of aromatic hydroxyl groups is 1.